The number of carbonyl (C=O) groups excluding carboxylic acids is 1. The Kier molecular flexibility index (Phi) is 5.44. The number of para-hydroxylation sites is 1. The lowest BCUT2D eigenvalue weighted by molar-refractivity contribution is 0.0995. The number of rotatable bonds is 7. The summed E-state index contributed by atoms with van der Waals surface area (Å²) in [6, 6.07) is 7.91. The summed E-state index contributed by atoms with van der Waals surface area (Å²) in [5.74, 6) is 0.664. The second-order valence-corrected chi connectivity index (χ2v) is 9.01. The van der Waals surface area contributed by atoms with Crippen LogP contribution in [0.25, 0.3) is 10.9 Å². The highest BCUT2D eigenvalue weighted by molar-refractivity contribution is 8.02. The summed E-state index contributed by atoms with van der Waals surface area (Å²) < 4.78 is 0.810. The lowest BCUT2D eigenvalue weighted by atomic mass is 10.1. The normalized spacial score (nSPS) is 12.7. The number of ketones is 1. The molecule has 132 valence electrons. The molecule has 0 unspecified atom stereocenters. The first-order valence-corrected chi connectivity index (χ1v) is 10.0. The highest BCUT2D eigenvalue weighted by Gasteiger charge is 2.23. The Morgan fingerprint density at radius 2 is 2.04 bits per heavy atom. The number of H-pyrrole nitrogens is 1. The number of hydrogen-bond donors (Lipinski definition) is 2. The quantitative estimate of drug-likeness (QED) is 0.461. The van der Waals surface area contributed by atoms with Crippen LogP contribution in [0.4, 0.5) is 5.13 Å². The van der Waals surface area contributed by atoms with E-state index >= 15 is 0 Å². The molecule has 0 radical (unpaired) electrons. The molecule has 2 aromatic heterocycles. The molecule has 2 N–H and O–H groups in total. The summed E-state index contributed by atoms with van der Waals surface area (Å²) >= 11 is 2.96. The Morgan fingerprint density at radius 1 is 1.28 bits per heavy atom. The molecule has 0 bridgehead atoms. The zero-order valence-corrected chi connectivity index (χ0v) is 16.4. The molecule has 1 atom stereocenters. The first-order valence-electron chi connectivity index (χ1n) is 8.31. The third-order valence-corrected chi connectivity index (χ3v) is 5.92. The van der Waals surface area contributed by atoms with Crippen LogP contribution < -0.4 is 5.32 Å². The summed E-state index contributed by atoms with van der Waals surface area (Å²) in [5, 5.41) is 13.2. The van der Waals surface area contributed by atoms with Crippen molar-refractivity contribution in [2.75, 3.05) is 11.9 Å². The van der Waals surface area contributed by atoms with Crippen molar-refractivity contribution in [2.24, 2.45) is 5.92 Å². The van der Waals surface area contributed by atoms with Gasteiger partial charge < -0.3 is 10.3 Å². The fourth-order valence-corrected chi connectivity index (χ4v) is 4.58. The fourth-order valence-electron chi connectivity index (χ4n) is 2.62. The van der Waals surface area contributed by atoms with E-state index in [1.807, 2.05) is 38.1 Å². The monoisotopic (exact) mass is 374 g/mol. The number of Topliss-reactive ketones (excluding diaryl/α,β-unsaturated/α-hetero) is 1. The van der Waals surface area contributed by atoms with Crippen molar-refractivity contribution >= 4 is 44.9 Å². The van der Waals surface area contributed by atoms with E-state index < -0.39 is 0 Å². The highest BCUT2D eigenvalue weighted by Crippen LogP contribution is 2.32. The van der Waals surface area contributed by atoms with E-state index in [2.05, 4.69) is 34.3 Å². The molecule has 3 rings (SSSR count). The van der Waals surface area contributed by atoms with Gasteiger partial charge in [-0.1, -0.05) is 55.1 Å². The summed E-state index contributed by atoms with van der Waals surface area (Å²) in [6.07, 6.45) is 0. The molecule has 1 aromatic carbocycles. The maximum Gasteiger partial charge on any atom is 0.206 e. The number of carbonyl (C=O) groups is 1. The third kappa shape index (κ3) is 4.04. The van der Waals surface area contributed by atoms with Gasteiger partial charge in [-0.25, -0.2) is 0 Å². The molecule has 0 saturated carbocycles. The van der Waals surface area contributed by atoms with Crippen LogP contribution >= 0.6 is 23.1 Å². The second-order valence-electron chi connectivity index (χ2n) is 6.44. The summed E-state index contributed by atoms with van der Waals surface area (Å²) in [7, 11) is 0. The molecule has 0 aliphatic heterocycles. The number of anilines is 1. The molecule has 25 heavy (non-hydrogen) atoms. The largest absolute Gasteiger partial charge is 0.360 e. The number of nitrogens with zero attached hydrogens (tertiary/aromatic N) is 2. The SMILES string of the molecule is Cc1[nH]c2ccccc2c1C(=O)[C@@H](C)Sc1nnc(NCC(C)C)s1. The zero-order chi connectivity index (χ0) is 18.0. The summed E-state index contributed by atoms with van der Waals surface area (Å²) in [6.45, 7) is 9.03. The Labute approximate surface area is 155 Å². The Hall–Kier alpha value is -1.86. The number of aromatic amines is 1. The molecule has 0 amide bonds. The topological polar surface area (TPSA) is 70.7 Å². The lowest BCUT2D eigenvalue weighted by Crippen LogP contribution is -2.14. The minimum Gasteiger partial charge on any atom is -0.360 e. The molecule has 5 nitrogen and oxygen atoms in total. The molecule has 2 heterocycles. The van der Waals surface area contributed by atoms with Gasteiger partial charge in [0, 0.05) is 28.7 Å². The molecule has 0 aliphatic carbocycles. The predicted octanol–water partition coefficient (Wildman–Crippen LogP) is 4.76. The van der Waals surface area contributed by atoms with Crippen LogP contribution in [0.5, 0.6) is 0 Å². The standard InChI is InChI=1S/C18H22N4OS2/c1-10(2)9-19-17-21-22-18(25-17)24-12(4)16(23)15-11(3)20-14-8-6-5-7-13(14)15/h5-8,10,12,20H,9H2,1-4H3,(H,19,21)/t12-/m1/s1. The van der Waals surface area contributed by atoms with Gasteiger partial charge >= 0.3 is 0 Å². The molecule has 0 spiro atoms. The molecule has 3 aromatic rings. The average molecular weight is 375 g/mol. The maximum atomic E-state index is 13.0. The first kappa shape index (κ1) is 17.9. The van der Waals surface area contributed by atoms with Crippen LogP contribution in [0.15, 0.2) is 28.6 Å². The molecular weight excluding hydrogens is 352 g/mol. The number of benzene rings is 1. The fraction of sp³-hybridized carbons (Fsp3) is 0.389. The Morgan fingerprint density at radius 3 is 2.80 bits per heavy atom. The van der Waals surface area contributed by atoms with Crippen molar-refractivity contribution in [1.82, 2.24) is 15.2 Å². The first-order chi connectivity index (χ1) is 12.0. The molecule has 7 heteroatoms. The van der Waals surface area contributed by atoms with Gasteiger partial charge in [0.1, 0.15) is 0 Å². The van der Waals surface area contributed by atoms with E-state index in [4.69, 9.17) is 0 Å². The van der Waals surface area contributed by atoms with E-state index in [0.717, 1.165) is 38.2 Å². The number of thioether (sulfide) groups is 1. The second kappa shape index (κ2) is 7.58. The van der Waals surface area contributed by atoms with Crippen molar-refractivity contribution < 1.29 is 4.79 Å². The van der Waals surface area contributed by atoms with Crippen molar-refractivity contribution in [2.45, 2.75) is 37.3 Å². The number of fused-ring (bicyclic) bond motifs is 1. The molecular formula is C18H22N4OS2. The van der Waals surface area contributed by atoms with E-state index in [1.165, 1.54) is 23.1 Å². The van der Waals surface area contributed by atoms with Gasteiger partial charge in [-0.2, -0.15) is 0 Å². The van der Waals surface area contributed by atoms with E-state index in [1.54, 1.807) is 0 Å². The van der Waals surface area contributed by atoms with Gasteiger partial charge in [0.25, 0.3) is 0 Å². The van der Waals surface area contributed by atoms with Gasteiger partial charge in [0.05, 0.1) is 5.25 Å². The van der Waals surface area contributed by atoms with E-state index in [0.29, 0.717) is 5.92 Å². The molecule has 0 saturated heterocycles. The number of aromatic nitrogens is 3. The molecule has 0 fully saturated rings. The average Bonchev–Trinajstić information content (AvgIpc) is 3.15. The van der Waals surface area contributed by atoms with E-state index in [9.17, 15) is 4.79 Å². The van der Waals surface area contributed by atoms with Gasteiger partial charge in [0.15, 0.2) is 10.1 Å². The van der Waals surface area contributed by atoms with Crippen LogP contribution in [0.3, 0.4) is 0 Å². The van der Waals surface area contributed by atoms with Gasteiger partial charge in [-0.15, -0.1) is 10.2 Å². The van der Waals surface area contributed by atoms with Crippen LogP contribution in [-0.2, 0) is 0 Å². The van der Waals surface area contributed by atoms with Crippen molar-refractivity contribution in [1.29, 1.82) is 0 Å². The number of hydrogen-bond acceptors (Lipinski definition) is 6. The number of aryl methyl sites for hydroxylation is 1. The van der Waals surface area contributed by atoms with Gasteiger partial charge in [0.2, 0.25) is 5.13 Å². The van der Waals surface area contributed by atoms with Crippen LogP contribution in [0.1, 0.15) is 36.8 Å². The van der Waals surface area contributed by atoms with Crippen LogP contribution in [0.2, 0.25) is 0 Å². The highest BCUT2D eigenvalue weighted by atomic mass is 32.2. The van der Waals surface area contributed by atoms with Crippen molar-refractivity contribution in [3.8, 4) is 0 Å². The zero-order valence-electron chi connectivity index (χ0n) is 14.8. The Balaban J connectivity index is 1.73. The van der Waals surface area contributed by atoms with Crippen molar-refractivity contribution in [3.05, 3.63) is 35.5 Å². The Bertz CT molecular complexity index is 884. The van der Waals surface area contributed by atoms with Gasteiger partial charge in [-0.05, 0) is 25.8 Å². The van der Waals surface area contributed by atoms with Crippen molar-refractivity contribution in [3.63, 3.8) is 0 Å². The summed E-state index contributed by atoms with van der Waals surface area (Å²) in [4.78, 5) is 16.3. The lowest BCUT2D eigenvalue weighted by Gasteiger charge is -2.08. The number of nitrogens with one attached hydrogen (secondary N) is 2. The van der Waals surface area contributed by atoms with Crippen LogP contribution in [0, 0.1) is 12.8 Å². The maximum absolute atomic E-state index is 13.0. The summed E-state index contributed by atoms with van der Waals surface area (Å²) in [5.41, 5.74) is 2.69. The predicted molar refractivity (Wildman–Crippen MR) is 106 cm³/mol. The molecule has 0 aliphatic rings. The third-order valence-electron chi connectivity index (χ3n) is 3.85. The minimum atomic E-state index is -0.219. The van der Waals surface area contributed by atoms with Crippen LogP contribution in [-0.4, -0.2) is 32.8 Å². The van der Waals surface area contributed by atoms with E-state index in [-0.39, 0.29) is 11.0 Å². The minimum absolute atomic E-state index is 0.117. The van der Waals surface area contributed by atoms with Gasteiger partial charge in [-0.3, -0.25) is 4.79 Å². The smallest absolute Gasteiger partial charge is 0.206 e.